The minimum Gasteiger partial charge on any atom is -0.341 e. The zero-order chi connectivity index (χ0) is 14.5. The lowest BCUT2D eigenvalue weighted by molar-refractivity contribution is -0.137. The topological polar surface area (TPSA) is 46.3 Å². The van der Waals surface area contributed by atoms with E-state index in [9.17, 15) is 4.79 Å². The lowest BCUT2D eigenvalue weighted by atomic mass is 9.78. The Morgan fingerprint density at radius 1 is 1.40 bits per heavy atom. The van der Waals surface area contributed by atoms with E-state index in [1.54, 1.807) is 0 Å². The highest BCUT2D eigenvalue weighted by Gasteiger charge is 2.31. The van der Waals surface area contributed by atoms with Crippen LogP contribution in [0.3, 0.4) is 0 Å². The number of nitrogens with zero attached hydrogens (tertiary/aromatic N) is 1. The van der Waals surface area contributed by atoms with Gasteiger partial charge in [0.1, 0.15) is 0 Å². The molecule has 0 saturated heterocycles. The second-order valence-corrected chi connectivity index (χ2v) is 6.63. The molecule has 3 nitrogen and oxygen atoms in total. The van der Waals surface area contributed by atoms with Crippen molar-refractivity contribution < 1.29 is 4.79 Å². The Morgan fingerprint density at radius 2 is 2.15 bits per heavy atom. The van der Waals surface area contributed by atoms with Crippen molar-refractivity contribution in [1.29, 1.82) is 0 Å². The molecule has 2 N–H and O–H groups in total. The van der Waals surface area contributed by atoms with Crippen LogP contribution in [0, 0.1) is 11.8 Å². The van der Waals surface area contributed by atoms with Crippen LogP contribution in [0.15, 0.2) is 28.7 Å². The van der Waals surface area contributed by atoms with Gasteiger partial charge in [-0.3, -0.25) is 4.79 Å². The Bertz CT molecular complexity index is 464. The van der Waals surface area contributed by atoms with Crippen LogP contribution < -0.4 is 5.73 Å². The van der Waals surface area contributed by atoms with Crippen LogP contribution in [-0.4, -0.2) is 24.4 Å². The lowest BCUT2D eigenvalue weighted by Gasteiger charge is -2.32. The summed E-state index contributed by atoms with van der Waals surface area (Å²) in [5, 5.41) is 0. The molecular formula is C16H23BrN2O. The van der Waals surface area contributed by atoms with Crippen molar-refractivity contribution in [3.05, 3.63) is 34.3 Å². The molecular weight excluding hydrogens is 316 g/mol. The van der Waals surface area contributed by atoms with Gasteiger partial charge in [0.25, 0.3) is 0 Å². The number of halogens is 1. The van der Waals surface area contributed by atoms with Crippen molar-refractivity contribution >= 4 is 21.8 Å². The first-order chi connectivity index (χ1) is 9.61. The number of amides is 1. The molecule has 2 atom stereocenters. The van der Waals surface area contributed by atoms with Crippen molar-refractivity contribution in [3.8, 4) is 0 Å². The predicted molar refractivity (Wildman–Crippen MR) is 85.1 cm³/mol. The van der Waals surface area contributed by atoms with Gasteiger partial charge >= 0.3 is 0 Å². The molecule has 1 fully saturated rings. The standard InChI is InChI=1S/C16H23BrN2O/c1-19(11-12-5-4-7-14(17)9-12)16(20)15-8-3-2-6-13(15)10-18/h4-5,7,9,13,15H,2-3,6,8,10-11,18H2,1H3. The number of benzene rings is 1. The normalized spacial score (nSPS) is 22.6. The molecule has 0 aliphatic heterocycles. The molecule has 1 amide bonds. The lowest BCUT2D eigenvalue weighted by Crippen LogP contribution is -2.40. The van der Waals surface area contributed by atoms with Crippen LogP contribution >= 0.6 is 15.9 Å². The third-order valence-electron chi connectivity index (χ3n) is 4.21. The molecule has 1 aliphatic rings. The monoisotopic (exact) mass is 338 g/mol. The quantitative estimate of drug-likeness (QED) is 0.916. The van der Waals surface area contributed by atoms with Gasteiger partial charge in [-0.05, 0) is 43.0 Å². The van der Waals surface area contributed by atoms with Crippen LogP contribution in [0.25, 0.3) is 0 Å². The van der Waals surface area contributed by atoms with Crippen LogP contribution in [0.1, 0.15) is 31.2 Å². The molecule has 20 heavy (non-hydrogen) atoms. The van der Waals surface area contributed by atoms with Gasteiger partial charge in [0.05, 0.1) is 0 Å². The highest BCUT2D eigenvalue weighted by molar-refractivity contribution is 9.10. The second-order valence-electron chi connectivity index (χ2n) is 5.71. The maximum atomic E-state index is 12.6. The molecule has 1 aromatic rings. The molecule has 0 radical (unpaired) electrons. The summed E-state index contributed by atoms with van der Waals surface area (Å²) in [6.45, 7) is 1.28. The van der Waals surface area contributed by atoms with Crippen LogP contribution in [0.4, 0.5) is 0 Å². The van der Waals surface area contributed by atoms with Gasteiger partial charge in [0.15, 0.2) is 0 Å². The molecule has 4 heteroatoms. The fourth-order valence-corrected chi connectivity index (χ4v) is 3.53. The van der Waals surface area contributed by atoms with Crippen molar-refractivity contribution in [2.75, 3.05) is 13.6 Å². The van der Waals surface area contributed by atoms with Gasteiger partial charge < -0.3 is 10.6 Å². The highest BCUT2D eigenvalue weighted by Crippen LogP contribution is 2.30. The molecule has 1 aromatic carbocycles. The van der Waals surface area contributed by atoms with Crippen molar-refractivity contribution in [2.24, 2.45) is 17.6 Å². The fourth-order valence-electron chi connectivity index (χ4n) is 3.09. The zero-order valence-corrected chi connectivity index (χ0v) is 13.6. The van der Waals surface area contributed by atoms with Gasteiger partial charge in [0, 0.05) is 24.0 Å². The van der Waals surface area contributed by atoms with E-state index in [0.717, 1.165) is 29.3 Å². The fraction of sp³-hybridized carbons (Fsp3) is 0.562. The molecule has 0 bridgehead atoms. The number of hydrogen-bond acceptors (Lipinski definition) is 2. The smallest absolute Gasteiger partial charge is 0.226 e. The number of carbonyl (C=O) groups excluding carboxylic acids is 1. The Kier molecular flexibility index (Phi) is 5.61. The van der Waals surface area contributed by atoms with Gasteiger partial charge in [-0.15, -0.1) is 0 Å². The van der Waals surface area contributed by atoms with Crippen LogP contribution in [-0.2, 0) is 11.3 Å². The first-order valence-electron chi connectivity index (χ1n) is 7.31. The molecule has 0 heterocycles. The van der Waals surface area contributed by atoms with Gasteiger partial charge in [-0.2, -0.15) is 0 Å². The zero-order valence-electron chi connectivity index (χ0n) is 12.0. The number of hydrogen-bond donors (Lipinski definition) is 1. The van der Waals surface area contributed by atoms with E-state index >= 15 is 0 Å². The summed E-state index contributed by atoms with van der Waals surface area (Å²) >= 11 is 3.47. The summed E-state index contributed by atoms with van der Waals surface area (Å²) in [5.74, 6) is 0.729. The maximum Gasteiger partial charge on any atom is 0.226 e. The summed E-state index contributed by atoms with van der Waals surface area (Å²) in [4.78, 5) is 14.5. The Morgan fingerprint density at radius 3 is 2.85 bits per heavy atom. The van der Waals surface area contributed by atoms with E-state index in [1.165, 1.54) is 6.42 Å². The summed E-state index contributed by atoms with van der Waals surface area (Å²) in [5.41, 5.74) is 6.98. The van der Waals surface area contributed by atoms with E-state index < -0.39 is 0 Å². The van der Waals surface area contributed by atoms with Crippen molar-refractivity contribution in [2.45, 2.75) is 32.2 Å². The average molecular weight is 339 g/mol. The largest absolute Gasteiger partial charge is 0.341 e. The van der Waals surface area contributed by atoms with E-state index in [0.29, 0.717) is 19.0 Å². The molecule has 1 aliphatic carbocycles. The molecule has 2 unspecified atom stereocenters. The first-order valence-corrected chi connectivity index (χ1v) is 8.10. The van der Waals surface area contributed by atoms with E-state index in [-0.39, 0.29) is 11.8 Å². The van der Waals surface area contributed by atoms with E-state index in [2.05, 4.69) is 28.1 Å². The number of nitrogens with two attached hydrogens (primary N) is 1. The molecule has 110 valence electrons. The number of rotatable bonds is 4. The molecule has 0 aromatic heterocycles. The second kappa shape index (κ2) is 7.23. The van der Waals surface area contributed by atoms with E-state index in [1.807, 2.05) is 24.1 Å². The highest BCUT2D eigenvalue weighted by atomic mass is 79.9. The molecule has 2 rings (SSSR count). The Balaban J connectivity index is 2.00. The van der Waals surface area contributed by atoms with Crippen LogP contribution in [0.2, 0.25) is 0 Å². The Hall–Kier alpha value is -0.870. The van der Waals surface area contributed by atoms with Crippen molar-refractivity contribution in [1.82, 2.24) is 4.90 Å². The van der Waals surface area contributed by atoms with Gasteiger partial charge in [0.2, 0.25) is 5.91 Å². The molecule has 1 saturated carbocycles. The molecule has 0 spiro atoms. The minimum atomic E-state index is 0.117. The van der Waals surface area contributed by atoms with E-state index in [4.69, 9.17) is 5.73 Å². The minimum absolute atomic E-state index is 0.117. The maximum absolute atomic E-state index is 12.6. The summed E-state index contributed by atoms with van der Waals surface area (Å²) in [7, 11) is 1.89. The van der Waals surface area contributed by atoms with Crippen molar-refractivity contribution in [3.63, 3.8) is 0 Å². The van der Waals surface area contributed by atoms with Crippen LogP contribution in [0.5, 0.6) is 0 Å². The summed E-state index contributed by atoms with van der Waals surface area (Å²) in [6, 6.07) is 8.11. The summed E-state index contributed by atoms with van der Waals surface area (Å²) in [6.07, 6.45) is 4.44. The number of carbonyl (C=O) groups is 1. The predicted octanol–water partition coefficient (Wildman–Crippen LogP) is 3.17. The van der Waals surface area contributed by atoms with Gasteiger partial charge in [-0.25, -0.2) is 0 Å². The Labute approximate surface area is 129 Å². The average Bonchev–Trinajstić information content (AvgIpc) is 2.46. The third-order valence-corrected chi connectivity index (χ3v) is 4.71. The first kappa shape index (κ1) is 15.5. The third kappa shape index (κ3) is 3.83. The summed E-state index contributed by atoms with van der Waals surface area (Å²) < 4.78 is 1.05. The van der Waals surface area contributed by atoms with Gasteiger partial charge in [-0.1, -0.05) is 40.9 Å². The SMILES string of the molecule is CN(Cc1cccc(Br)c1)C(=O)C1CCCCC1CN.